The average molecular weight is 730 g/mol. The Morgan fingerprint density at radius 1 is 0.609 bits per heavy atom. The van der Waals surface area contributed by atoms with Crippen molar-refractivity contribution in [1.29, 1.82) is 0 Å². The molecule has 1 atom stereocenters. The molecule has 0 aliphatic rings. The molecule has 0 amide bonds. The van der Waals surface area contributed by atoms with Gasteiger partial charge in [-0.3, -0.25) is 0 Å². The van der Waals surface area contributed by atoms with Crippen LogP contribution in [0.4, 0.5) is 0 Å². The second-order valence-electron chi connectivity index (χ2n) is 15.0. The van der Waals surface area contributed by atoms with Gasteiger partial charge in [0.15, 0.2) is 0 Å². The molecule has 0 aliphatic carbocycles. The molecule has 46 heavy (non-hydrogen) atoms. The molecule has 0 saturated heterocycles. The minimum atomic E-state index is -0.708. The van der Waals surface area contributed by atoms with Crippen molar-refractivity contribution in [3.63, 3.8) is 0 Å². The number of aryl methyl sites for hydroxylation is 4. The monoisotopic (exact) mass is 728 g/mol. The first kappa shape index (κ1) is 44.8. The van der Waals surface area contributed by atoms with Crippen LogP contribution in [0.3, 0.4) is 0 Å². The van der Waals surface area contributed by atoms with Gasteiger partial charge in [0.05, 0.1) is 9.52 Å². The zero-order valence-corrected chi connectivity index (χ0v) is 35.8. The van der Waals surface area contributed by atoms with Gasteiger partial charge in [0.25, 0.3) is 0 Å². The van der Waals surface area contributed by atoms with E-state index >= 15 is 0 Å². The Kier molecular flexibility index (Phi) is 17.0. The topological polar surface area (TPSA) is 0 Å². The minimum Gasteiger partial charge on any atom is -1.00 e. The van der Waals surface area contributed by atoms with E-state index in [2.05, 4.69) is 145 Å². The molecule has 0 radical (unpaired) electrons. The first-order valence-corrected chi connectivity index (χ1v) is 17.7. The smallest absolute Gasteiger partial charge is 1.00 e. The Bertz CT molecular complexity index is 1530. The second-order valence-corrected chi connectivity index (χ2v) is 17.0. The molecule has 0 N–H and O–H groups in total. The number of halogens is 3. The Hall–Kier alpha value is -1.19. The van der Waals surface area contributed by atoms with Crippen molar-refractivity contribution in [3.8, 4) is 11.1 Å². The molecule has 0 aliphatic heterocycles. The summed E-state index contributed by atoms with van der Waals surface area (Å²) in [5, 5.41) is 1.57. The van der Waals surface area contributed by atoms with E-state index in [4.69, 9.17) is 0 Å². The third-order valence-corrected chi connectivity index (χ3v) is 11.7. The molecule has 5 heteroatoms. The zero-order valence-electron chi connectivity index (χ0n) is 30.5. The van der Waals surface area contributed by atoms with Gasteiger partial charge in [-0.25, -0.2) is 0 Å². The van der Waals surface area contributed by atoms with Crippen LogP contribution in [0.25, 0.3) is 11.1 Å². The summed E-state index contributed by atoms with van der Waals surface area (Å²) in [4.78, 5) is 0. The fraction of sp³-hybridized carbons (Fsp3) is 0.439. The Morgan fingerprint density at radius 2 is 1.07 bits per heavy atom. The van der Waals surface area contributed by atoms with Crippen LogP contribution in [-0.2, 0) is 45.4 Å². The van der Waals surface area contributed by atoms with Crippen LogP contribution >= 0.6 is 0 Å². The van der Waals surface area contributed by atoms with Crippen LogP contribution in [0.1, 0.15) is 122 Å². The van der Waals surface area contributed by atoms with E-state index in [1.54, 1.807) is 10.8 Å². The number of hydrogen-bond donors (Lipinski definition) is 0. The molecule has 0 nitrogen and oxygen atoms in total. The fourth-order valence-electron chi connectivity index (χ4n) is 6.72. The molecule has 248 valence electrons. The second kappa shape index (κ2) is 17.5. The van der Waals surface area contributed by atoms with Gasteiger partial charge in [-0.2, -0.15) is 11.1 Å². The van der Waals surface area contributed by atoms with Crippen molar-refractivity contribution in [1.82, 2.24) is 0 Å². The van der Waals surface area contributed by atoms with Crippen molar-refractivity contribution >= 4 is 14.7 Å². The normalized spacial score (nSPS) is 12.2. The maximum Gasteiger partial charge on any atom is 4.00 e. The van der Waals surface area contributed by atoms with Gasteiger partial charge >= 0.3 is 21.7 Å². The molecular weight excluding hydrogens is 675 g/mol. The molecule has 1 unspecified atom stereocenters. The van der Waals surface area contributed by atoms with Gasteiger partial charge in [-0.1, -0.05) is 169 Å². The fourth-order valence-corrected chi connectivity index (χ4v) is 9.25. The molecule has 0 aromatic heterocycles. The van der Waals surface area contributed by atoms with E-state index in [-0.39, 0.29) is 69.8 Å². The first-order valence-electron chi connectivity index (χ1n) is 16.2. The standard InChI is InChI=1S/C41H55Si.3ClH.Ti/c1-14-30-19-31(15-2)21-33(20-30)39(42-36-17-25(3)16-26(4)18-36)38-29(7)27(5)28(6)37(38)32-22-34(40(8,9)10)24-35(23-32)41(11,12)13;;;;/h16-24,39H,14-15,42H2,1-13H3;3*1H;/q-1;;;;+4/p-3. The summed E-state index contributed by atoms with van der Waals surface area (Å²) < 4.78 is 0. The van der Waals surface area contributed by atoms with Crippen LogP contribution < -0.4 is 42.4 Å². The summed E-state index contributed by atoms with van der Waals surface area (Å²) in [5.41, 5.74) is 19.5. The third-order valence-electron chi connectivity index (χ3n) is 9.49. The summed E-state index contributed by atoms with van der Waals surface area (Å²) in [7, 11) is -0.708. The summed E-state index contributed by atoms with van der Waals surface area (Å²) in [6.07, 6.45) is 2.15. The van der Waals surface area contributed by atoms with Gasteiger partial charge in [0, 0.05) is 0 Å². The molecule has 0 fully saturated rings. The van der Waals surface area contributed by atoms with Gasteiger partial charge in [0.1, 0.15) is 0 Å². The maximum absolute atomic E-state index is 2.53. The summed E-state index contributed by atoms with van der Waals surface area (Å²) in [6, 6.07) is 22.2. The molecule has 4 aromatic carbocycles. The Labute approximate surface area is 317 Å². The molecule has 4 aromatic rings. The molecule has 0 spiro atoms. The Balaban J connectivity index is 0.00000506. The third kappa shape index (κ3) is 9.93. The van der Waals surface area contributed by atoms with Crippen molar-refractivity contribution in [2.24, 2.45) is 0 Å². The van der Waals surface area contributed by atoms with E-state index in [9.17, 15) is 0 Å². The maximum atomic E-state index is 2.53. The van der Waals surface area contributed by atoms with Gasteiger partial charge in [-0.05, 0) is 54.2 Å². The number of benzene rings is 3. The van der Waals surface area contributed by atoms with E-state index in [1.807, 2.05) is 0 Å². The van der Waals surface area contributed by atoms with Crippen LogP contribution in [0.5, 0.6) is 0 Å². The quantitative estimate of drug-likeness (QED) is 0.197. The van der Waals surface area contributed by atoms with Gasteiger partial charge in [0.2, 0.25) is 0 Å². The summed E-state index contributed by atoms with van der Waals surface area (Å²) in [5.74, 6) is 0. The largest absolute Gasteiger partial charge is 4.00 e. The Morgan fingerprint density at radius 3 is 1.48 bits per heavy atom. The molecule has 0 heterocycles. The van der Waals surface area contributed by atoms with Crippen LogP contribution in [0, 0.1) is 34.6 Å². The molecule has 4 rings (SSSR count). The number of hydrogen-bond acceptors (Lipinski definition) is 0. The molecule has 0 saturated carbocycles. The van der Waals surface area contributed by atoms with Crippen molar-refractivity contribution in [2.45, 2.75) is 119 Å². The minimum absolute atomic E-state index is 0. The van der Waals surface area contributed by atoms with E-state index in [0.29, 0.717) is 5.54 Å². The van der Waals surface area contributed by atoms with E-state index in [1.165, 1.54) is 66.8 Å². The first-order chi connectivity index (χ1) is 19.5. The average Bonchev–Trinajstić information content (AvgIpc) is 3.13. The van der Waals surface area contributed by atoms with Crippen LogP contribution in [0.15, 0.2) is 54.6 Å². The molecule has 0 bridgehead atoms. The predicted molar refractivity (Wildman–Crippen MR) is 190 cm³/mol. The van der Waals surface area contributed by atoms with Crippen molar-refractivity contribution in [2.75, 3.05) is 0 Å². The summed E-state index contributed by atoms with van der Waals surface area (Å²) in [6.45, 7) is 30.4. The number of rotatable bonds is 7. The van der Waals surface area contributed by atoms with Gasteiger partial charge in [-0.15, -0.1) is 16.7 Å². The van der Waals surface area contributed by atoms with E-state index < -0.39 is 9.52 Å². The van der Waals surface area contributed by atoms with Crippen molar-refractivity contribution < 1.29 is 58.9 Å². The van der Waals surface area contributed by atoms with Gasteiger partial charge < -0.3 is 37.2 Å². The van der Waals surface area contributed by atoms with Crippen molar-refractivity contribution in [3.05, 3.63) is 116 Å². The SMILES string of the molecule is CCc1cc(CC)cc(C([SiH2]c2cc(C)cc(C)c2)[c-]2c(C)c(C)c(C)c2-c2cc(C(C)(C)C)cc(C(C)(C)C)c2)c1.[Cl-].[Cl-].[Cl-].[Ti+4]. The predicted octanol–water partition coefficient (Wildman–Crippen LogP) is 0.928. The van der Waals surface area contributed by atoms with E-state index in [0.717, 1.165) is 12.8 Å². The van der Waals surface area contributed by atoms with Crippen LogP contribution in [-0.4, -0.2) is 9.52 Å². The zero-order chi connectivity index (χ0) is 31.1. The van der Waals surface area contributed by atoms with Crippen LogP contribution in [0.2, 0.25) is 0 Å². The summed E-state index contributed by atoms with van der Waals surface area (Å²) >= 11 is 0. The molecular formula is C41H55Cl3SiTi.